The van der Waals surface area contributed by atoms with E-state index >= 15 is 0 Å². The van der Waals surface area contributed by atoms with Gasteiger partial charge in [0.1, 0.15) is 0 Å². The van der Waals surface area contributed by atoms with Gasteiger partial charge in [0.25, 0.3) is 0 Å². The number of aliphatic imine (C=N–C) groups is 1. The lowest BCUT2D eigenvalue weighted by Crippen LogP contribution is -2.41. The number of guanidine groups is 1. The van der Waals surface area contributed by atoms with Crippen LogP contribution in [0.2, 0.25) is 0 Å². The minimum Gasteiger partial charge on any atom is -0.357 e. The average Bonchev–Trinajstić information content (AvgIpc) is 3.07. The number of amides is 1. The van der Waals surface area contributed by atoms with Crippen molar-refractivity contribution in [2.24, 2.45) is 4.99 Å². The Hall–Kier alpha value is -1.21. The number of thioether (sulfide) groups is 1. The molecule has 1 aromatic heterocycles. The topological polar surface area (TPSA) is 56.7 Å². The number of nitrogens with one attached hydrogen (secondary N) is 2. The molecule has 2 heterocycles. The third-order valence-corrected chi connectivity index (χ3v) is 6.56. The molecule has 2 rings (SSSR count). The Bertz CT molecular complexity index is 598. The monoisotopic (exact) mass is 382 g/mol. The van der Waals surface area contributed by atoms with Crippen LogP contribution in [0, 0.1) is 0 Å². The fourth-order valence-corrected chi connectivity index (χ4v) is 3.67. The van der Waals surface area contributed by atoms with Crippen LogP contribution in [-0.4, -0.2) is 53.9 Å². The van der Waals surface area contributed by atoms with Gasteiger partial charge in [-0.1, -0.05) is 0 Å². The van der Waals surface area contributed by atoms with Gasteiger partial charge in [-0.05, 0) is 50.5 Å². The molecule has 0 atom stereocenters. The van der Waals surface area contributed by atoms with E-state index in [2.05, 4.69) is 47.2 Å². The summed E-state index contributed by atoms with van der Waals surface area (Å²) in [5, 5.41) is 8.65. The summed E-state index contributed by atoms with van der Waals surface area (Å²) in [4.78, 5) is 20.5. The second-order valence-corrected chi connectivity index (χ2v) is 9.28. The second kappa shape index (κ2) is 9.48. The fourth-order valence-electron chi connectivity index (χ4n) is 2.58. The molecule has 0 aromatic carbocycles. The summed E-state index contributed by atoms with van der Waals surface area (Å²) < 4.78 is 0.115. The zero-order valence-corrected chi connectivity index (χ0v) is 17.4. The summed E-state index contributed by atoms with van der Waals surface area (Å²) in [5.74, 6) is 1.00. The largest absolute Gasteiger partial charge is 0.357 e. The van der Waals surface area contributed by atoms with E-state index in [0.717, 1.165) is 38.6 Å². The molecule has 5 nitrogen and oxygen atoms in total. The van der Waals surface area contributed by atoms with Crippen molar-refractivity contribution in [3.63, 3.8) is 0 Å². The lowest BCUT2D eigenvalue weighted by Gasteiger charge is -2.27. The summed E-state index contributed by atoms with van der Waals surface area (Å²) in [5.41, 5.74) is 1.31. The molecule has 0 bridgehead atoms. The Morgan fingerprint density at radius 1 is 1.44 bits per heavy atom. The van der Waals surface area contributed by atoms with Crippen LogP contribution in [-0.2, 0) is 17.8 Å². The quantitative estimate of drug-likeness (QED) is 0.562. The summed E-state index contributed by atoms with van der Waals surface area (Å²) in [6.07, 6.45) is 3.59. The molecule has 0 radical (unpaired) electrons. The number of carbonyl (C=O) groups excluding carboxylic acids is 1. The third-order valence-electron chi connectivity index (χ3n) is 4.31. The summed E-state index contributed by atoms with van der Waals surface area (Å²) in [6.45, 7) is 10.2. The third kappa shape index (κ3) is 6.22. The van der Waals surface area contributed by atoms with Crippen molar-refractivity contribution >= 4 is 35.0 Å². The van der Waals surface area contributed by atoms with Gasteiger partial charge in [-0.25, -0.2) is 0 Å². The van der Waals surface area contributed by atoms with Crippen molar-refractivity contribution in [1.82, 2.24) is 15.5 Å². The van der Waals surface area contributed by atoms with Gasteiger partial charge in [-0.2, -0.15) is 11.8 Å². The van der Waals surface area contributed by atoms with Crippen molar-refractivity contribution in [1.29, 1.82) is 0 Å². The highest BCUT2D eigenvalue weighted by molar-refractivity contribution is 7.99. The Morgan fingerprint density at radius 3 is 2.96 bits per heavy atom. The van der Waals surface area contributed by atoms with E-state index in [1.54, 1.807) is 11.3 Å². The van der Waals surface area contributed by atoms with E-state index in [4.69, 9.17) is 0 Å². The van der Waals surface area contributed by atoms with Crippen LogP contribution in [0.1, 0.15) is 37.6 Å². The number of hydrogen-bond donors (Lipinski definition) is 2. The van der Waals surface area contributed by atoms with Crippen LogP contribution in [0.25, 0.3) is 0 Å². The normalized spacial score (nSPS) is 15.0. The number of nitrogens with zero attached hydrogens (tertiary/aromatic N) is 2. The summed E-state index contributed by atoms with van der Waals surface area (Å²) in [7, 11) is 0. The van der Waals surface area contributed by atoms with Gasteiger partial charge in [-0.15, -0.1) is 11.3 Å². The van der Waals surface area contributed by atoms with E-state index < -0.39 is 0 Å². The van der Waals surface area contributed by atoms with Crippen molar-refractivity contribution in [2.45, 2.75) is 44.9 Å². The van der Waals surface area contributed by atoms with Gasteiger partial charge in [0, 0.05) is 42.2 Å². The number of hydrogen-bond acceptors (Lipinski definition) is 4. The highest BCUT2D eigenvalue weighted by atomic mass is 32.2. The van der Waals surface area contributed by atoms with Crippen molar-refractivity contribution in [3.05, 3.63) is 21.9 Å². The SMILES string of the molecule is CCNC(=NCC(C)(C)SC)NCCC(=O)N1CCc2sccc2C1. The lowest BCUT2D eigenvalue weighted by atomic mass is 10.1. The van der Waals surface area contributed by atoms with E-state index in [0.29, 0.717) is 13.0 Å². The predicted octanol–water partition coefficient (Wildman–Crippen LogP) is 2.72. The van der Waals surface area contributed by atoms with Crippen molar-refractivity contribution in [3.8, 4) is 0 Å². The van der Waals surface area contributed by atoms with E-state index in [1.807, 2.05) is 23.6 Å². The maximum Gasteiger partial charge on any atom is 0.224 e. The number of rotatable bonds is 7. The van der Waals surface area contributed by atoms with Crippen molar-refractivity contribution < 1.29 is 4.79 Å². The highest BCUT2D eigenvalue weighted by Crippen LogP contribution is 2.24. The zero-order chi connectivity index (χ0) is 18.3. The van der Waals surface area contributed by atoms with Crippen LogP contribution in [0.15, 0.2) is 16.4 Å². The molecule has 0 saturated carbocycles. The minimum absolute atomic E-state index is 0.115. The molecule has 1 aromatic rings. The van der Waals surface area contributed by atoms with Gasteiger partial charge < -0.3 is 15.5 Å². The zero-order valence-electron chi connectivity index (χ0n) is 15.7. The molecule has 1 aliphatic rings. The molecular formula is C18H30N4OS2. The second-order valence-electron chi connectivity index (χ2n) is 6.77. The molecule has 140 valence electrons. The van der Waals surface area contributed by atoms with Crippen LogP contribution >= 0.6 is 23.1 Å². The van der Waals surface area contributed by atoms with Crippen LogP contribution in [0.3, 0.4) is 0 Å². The van der Waals surface area contributed by atoms with Crippen LogP contribution in [0.5, 0.6) is 0 Å². The maximum absolute atomic E-state index is 12.5. The Labute approximate surface area is 159 Å². The first-order chi connectivity index (χ1) is 11.9. The predicted molar refractivity (Wildman–Crippen MR) is 110 cm³/mol. The Balaban J connectivity index is 1.79. The Morgan fingerprint density at radius 2 is 2.24 bits per heavy atom. The number of thiophene rings is 1. The van der Waals surface area contributed by atoms with Gasteiger partial charge in [0.15, 0.2) is 5.96 Å². The number of carbonyl (C=O) groups is 1. The molecule has 25 heavy (non-hydrogen) atoms. The van der Waals surface area contributed by atoms with Gasteiger partial charge in [0.2, 0.25) is 5.91 Å². The minimum atomic E-state index is 0.115. The maximum atomic E-state index is 12.5. The van der Waals surface area contributed by atoms with E-state index in [9.17, 15) is 4.79 Å². The smallest absolute Gasteiger partial charge is 0.224 e. The fraction of sp³-hybridized carbons (Fsp3) is 0.667. The molecule has 0 spiro atoms. The number of fused-ring (bicyclic) bond motifs is 1. The first-order valence-electron chi connectivity index (χ1n) is 8.85. The van der Waals surface area contributed by atoms with Crippen LogP contribution < -0.4 is 10.6 Å². The summed E-state index contributed by atoms with van der Waals surface area (Å²) >= 11 is 3.61. The molecule has 0 fully saturated rings. The standard InChI is InChI=1S/C18H30N4OS2/c1-5-19-17(21-13-18(2,3)24-4)20-9-6-16(23)22-10-7-15-14(12-22)8-11-25-15/h8,11H,5-7,9-10,12-13H2,1-4H3,(H2,19,20,21). The van der Waals surface area contributed by atoms with E-state index in [-0.39, 0.29) is 10.7 Å². The molecule has 1 amide bonds. The molecule has 0 saturated heterocycles. The van der Waals surface area contributed by atoms with E-state index in [1.165, 1.54) is 10.4 Å². The lowest BCUT2D eigenvalue weighted by molar-refractivity contribution is -0.131. The molecule has 7 heteroatoms. The average molecular weight is 383 g/mol. The van der Waals surface area contributed by atoms with Gasteiger partial charge in [0.05, 0.1) is 6.54 Å². The van der Waals surface area contributed by atoms with Gasteiger partial charge >= 0.3 is 0 Å². The molecule has 1 aliphatic heterocycles. The Kier molecular flexibility index (Phi) is 7.62. The molecule has 2 N–H and O–H groups in total. The first-order valence-corrected chi connectivity index (χ1v) is 11.0. The molecular weight excluding hydrogens is 352 g/mol. The first kappa shape index (κ1) is 20.1. The van der Waals surface area contributed by atoms with Gasteiger partial charge in [-0.3, -0.25) is 9.79 Å². The van der Waals surface area contributed by atoms with Crippen LogP contribution in [0.4, 0.5) is 0 Å². The molecule has 0 unspecified atom stereocenters. The van der Waals surface area contributed by atoms with Crippen molar-refractivity contribution in [2.75, 3.05) is 32.4 Å². The molecule has 0 aliphatic carbocycles. The summed E-state index contributed by atoms with van der Waals surface area (Å²) in [6, 6.07) is 2.14. The highest BCUT2D eigenvalue weighted by Gasteiger charge is 2.21.